The Bertz CT molecular complexity index is 914. The zero-order valence-electron chi connectivity index (χ0n) is 14.6. The van der Waals surface area contributed by atoms with Crippen LogP contribution >= 0.6 is 0 Å². The molecule has 2 N–H and O–H groups in total. The van der Waals surface area contributed by atoms with Crippen molar-refractivity contribution in [2.75, 3.05) is 20.3 Å². The molecule has 0 aliphatic heterocycles. The number of aromatic nitrogens is 4. The molecule has 0 radical (unpaired) electrons. The summed E-state index contributed by atoms with van der Waals surface area (Å²) in [6.45, 7) is 1.16. The molecule has 0 aliphatic rings. The van der Waals surface area contributed by atoms with E-state index in [4.69, 9.17) is 4.74 Å². The Hall–Kier alpha value is -3.00. The second kappa shape index (κ2) is 8.39. The number of hydrogen-bond acceptors (Lipinski definition) is 5. The predicted octanol–water partition coefficient (Wildman–Crippen LogP) is 1.13. The zero-order valence-corrected chi connectivity index (χ0v) is 14.6. The minimum Gasteiger partial charge on any atom is -0.383 e. The number of carbonyl (C=O) groups is 1. The number of ether oxygens (including phenoxy) is 1. The predicted molar refractivity (Wildman–Crippen MR) is 97.1 cm³/mol. The first kappa shape index (κ1) is 17.8. The lowest BCUT2D eigenvalue weighted by Gasteiger charge is -2.07. The van der Waals surface area contributed by atoms with Crippen LogP contribution in [0.1, 0.15) is 22.7 Å². The van der Waals surface area contributed by atoms with Crippen molar-refractivity contribution in [1.29, 1.82) is 0 Å². The van der Waals surface area contributed by atoms with E-state index >= 15 is 0 Å². The Morgan fingerprint density at radius 1 is 1.27 bits per heavy atom. The second-order valence-electron chi connectivity index (χ2n) is 5.83. The topological polar surface area (TPSA) is 102 Å². The Balaban J connectivity index is 1.51. The standard InChI is InChI=1S/C18H21N5O3/c1-26-12-11-23-17(24)9-8-15(22-23)18(25)19-10-4-7-16-20-13-5-2-3-6-14(13)21-16/h2-3,5-6,8-9H,4,7,10-12H2,1H3,(H,19,25)(H,20,21). The molecule has 136 valence electrons. The molecule has 0 fully saturated rings. The summed E-state index contributed by atoms with van der Waals surface area (Å²) in [7, 11) is 1.55. The van der Waals surface area contributed by atoms with E-state index in [-0.39, 0.29) is 17.2 Å². The summed E-state index contributed by atoms with van der Waals surface area (Å²) in [5.74, 6) is 0.590. The van der Waals surface area contributed by atoms with Crippen molar-refractivity contribution in [2.24, 2.45) is 0 Å². The molecule has 3 rings (SSSR count). The van der Waals surface area contributed by atoms with Crippen molar-refractivity contribution in [1.82, 2.24) is 25.1 Å². The summed E-state index contributed by atoms with van der Waals surface area (Å²) < 4.78 is 6.16. The fourth-order valence-electron chi connectivity index (χ4n) is 2.58. The van der Waals surface area contributed by atoms with Crippen molar-refractivity contribution in [3.05, 3.63) is 58.3 Å². The van der Waals surface area contributed by atoms with Gasteiger partial charge in [0.05, 0.1) is 24.2 Å². The van der Waals surface area contributed by atoms with E-state index in [1.165, 1.54) is 16.8 Å². The molecule has 0 saturated carbocycles. The van der Waals surface area contributed by atoms with Gasteiger partial charge in [0, 0.05) is 26.1 Å². The maximum Gasteiger partial charge on any atom is 0.271 e. The van der Waals surface area contributed by atoms with Crippen LogP contribution in [0.25, 0.3) is 11.0 Å². The molecular formula is C18H21N5O3. The monoisotopic (exact) mass is 355 g/mol. The molecule has 1 amide bonds. The van der Waals surface area contributed by atoms with Crippen LogP contribution < -0.4 is 10.9 Å². The summed E-state index contributed by atoms with van der Waals surface area (Å²) >= 11 is 0. The number of fused-ring (bicyclic) bond motifs is 1. The fraction of sp³-hybridized carbons (Fsp3) is 0.333. The van der Waals surface area contributed by atoms with Crippen LogP contribution in [0.15, 0.2) is 41.2 Å². The number of nitrogens with one attached hydrogen (secondary N) is 2. The Labute approximate surface area is 150 Å². The third-order valence-electron chi connectivity index (χ3n) is 3.92. The van der Waals surface area contributed by atoms with Crippen LogP contribution in [0, 0.1) is 0 Å². The lowest BCUT2D eigenvalue weighted by atomic mass is 10.3. The molecule has 0 aliphatic carbocycles. The minimum absolute atomic E-state index is 0.212. The Morgan fingerprint density at radius 3 is 2.92 bits per heavy atom. The maximum atomic E-state index is 12.2. The minimum atomic E-state index is -0.305. The lowest BCUT2D eigenvalue weighted by Crippen LogP contribution is -2.31. The second-order valence-corrected chi connectivity index (χ2v) is 5.83. The van der Waals surface area contributed by atoms with E-state index < -0.39 is 0 Å². The number of nitrogens with zero attached hydrogens (tertiary/aromatic N) is 3. The molecule has 2 heterocycles. The number of para-hydroxylation sites is 2. The molecular weight excluding hydrogens is 334 g/mol. The number of methoxy groups -OCH3 is 1. The van der Waals surface area contributed by atoms with Gasteiger partial charge in [-0.1, -0.05) is 12.1 Å². The number of H-pyrrole nitrogens is 1. The number of benzene rings is 1. The fourth-order valence-corrected chi connectivity index (χ4v) is 2.58. The molecule has 3 aromatic rings. The van der Waals surface area contributed by atoms with Crippen LogP contribution in [0.2, 0.25) is 0 Å². The first-order valence-corrected chi connectivity index (χ1v) is 8.46. The average molecular weight is 355 g/mol. The largest absolute Gasteiger partial charge is 0.383 e. The molecule has 8 nitrogen and oxygen atoms in total. The molecule has 2 aromatic heterocycles. The van der Waals surface area contributed by atoms with Gasteiger partial charge in [-0.15, -0.1) is 0 Å². The van der Waals surface area contributed by atoms with Gasteiger partial charge in [0.25, 0.3) is 11.5 Å². The van der Waals surface area contributed by atoms with Gasteiger partial charge in [0.2, 0.25) is 0 Å². The average Bonchev–Trinajstić information content (AvgIpc) is 3.07. The number of rotatable bonds is 8. The van der Waals surface area contributed by atoms with Gasteiger partial charge in [-0.25, -0.2) is 9.67 Å². The smallest absolute Gasteiger partial charge is 0.271 e. The van der Waals surface area contributed by atoms with E-state index in [2.05, 4.69) is 20.4 Å². The third kappa shape index (κ3) is 4.34. The van der Waals surface area contributed by atoms with Crippen LogP contribution in [-0.4, -0.2) is 45.9 Å². The van der Waals surface area contributed by atoms with Crippen molar-refractivity contribution in [2.45, 2.75) is 19.4 Å². The van der Waals surface area contributed by atoms with Crippen molar-refractivity contribution in [3.63, 3.8) is 0 Å². The first-order valence-electron chi connectivity index (χ1n) is 8.46. The highest BCUT2D eigenvalue weighted by molar-refractivity contribution is 5.91. The van der Waals surface area contributed by atoms with E-state index in [9.17, 15) is 9.59 Å². The van der Waals surface area contributed by atoms with Gasteiger partial charge in [-0.3, -0.25) is 9.59 Å². The van der Waals surface area contributed by atoms with Gasteiger partial charge >= 0.3 is 0 Å². The summed E-state index contributed by atoms with van der Waals surface area (Å²) in [6.07, 6.45) is 1.48. The molecule has 8 heteroatoms. The number of amides is 1. The summed E-state index contributed by atoms with van der Waals surface area (Å²) in [4.78, 5) is 31.7. The van der Waals surface area contributed by atoms with Crippen molar-refractivity contribution in [3.8, 4) is 0 Å². The van der Waals surface area contributed by atoms with Crippen LogP contribution in [0.5, 0.6) is 0 Å². The van der Waals surface area contributed by atoms with Gasteiger partial charge < -0.3 is 15.0 Å². The molecule has 0 bridgehead atoms. The number of aryl methyl sites for hydroxylation is 1. The van der Waals surface area contributed by atoms with Gasteiger partial charge in [0.1, 0.15) is 11.5 Å². The van der Waals surface area contributed by atoms with Crippen LogP contribution in [-0.2, 0) is 17.7 Å². The van der Waals surface area contributed by atoms with E-state index in [0.717, 1.165) is 29.7 Å². The maximum absolute atomic E-state index is 12.2. The number of carbonyl (C=O) groups excluding carboxylic acids is 1. The first-order chi connectivity index (χ1) is 12.7. The molecule has 0 atom stereocenters. The van der Waals surface area contributed by atoms with E-state index in [0.29, 0.717) is 19.7 Å². The molecule has 26 heavy (non-hydrogen) atoms. The van der Waals surface area contributed by atoms with Crippen LogP contribution in [0.4, 0.5) is 0 Å². The quantitative estimate of drug-likeness (QED) is 0.590. The van der Waals surface area contributed by atoms with E-state index in [1.54, 1.807) is 7.11 Å². The van der Waals surface area contributed by atoms with Gasteiger partial charge in [-0.05, 0) is 24.6 Å². The number of aromatic amines is 1. The summed E-state index contributed by atoms with van der Waals surface area (Å²) in [5, 5.41) is 6.89. The molecule has 0 saturated heterocycles. The molecule has 0 spiro atoms. The highest BCUT2D eigenvalue weighted by Crippen LogP contribution is 2.11. The van der Waals surface area contributed by atoms with Gasteiger partial charge in [-0.2, -0.15) is 5.10 Å². The van der Waals surface area contributed by atoms with Crippen molar-refractivity contribution >= 4 is 16.9 Å². The highest BCUT2D eigenvalue weighted by atomic mass is 16.5. The zero-order chi connectivity index (χ0) is 18.4. The van der Waals surface area contributed by atoms with Crippen molar-refractivity contribution < 1.29 is 9.53 Å². The Kier molecular flexibility index (Phi) is 5.75. The lowest BCUT2D eigenvalue weighted by molar-refractivity contribution is 0.0944. The Morgan fingerprint density at radius 2 is 2.12 bits per heavy atom. The molecule has 1 aromatic carbocycles. The summed E-state index contributed by atoms with van der Waals surface area (Å²) in [5.41, 5.74) is 1.90. The molecule has 0 unspecified atom stereocenters. The SMILES string of the molecule is COCCn1nc(C(=O)NCCCc2nc3ccccc3[nH]2)ccc1=O. The number of imidazole rings is 1. The van der Waals surface area contributed by atoms with E-state index in [1.807, 2.05) is 24.3 Å². The van der Waals surface area contributed by atoms with Crippen LogP contribution in [0.3, 0.4) is 0 Å². The summed E-state index contributed by atoms with van der Waals surface area (Å²) in [6, 6.07) is 10.6. The third-order valence-corrected chi connectivity index (χ3v) is 3.92. The van der Waals surface area contributed by atoms with Gasteiger partial charge in [0.15, 0.2) is 0 Å². The number of hydrogen-bond donors (Lipinski definition) is 2. The highest BCUT2D eigenvalue weighted by Gasteiger charge is 2.09. The normalized spacial score (nSPS) is 11.0.